The molecule has 4 N–H and O–H groups in total. The van der Waals surface area contributed by atoms with Crippen molar-refractivity contribution in [3.8, 4) is 11.8 Å². The van der Waals surface area contributed by atoms with E-state index in [4.69, 9.17) is 10.5 Å². The summed E-state index contributed by atoms with van der Waals surface area (Å²) in [7, 11) is 1.76. The zero-order valence-electron chi connectivity index (χ0n) is 17.7. The summed E-state index contributed by atoms with van der Waals surface area (Å²) in [6, 6.07) is 11.8. The standard InChI is InChI=1S/C21H31N7O.HI/c1-3-29-15-8-7-13-25-21(24-2)26-14-9-12-19-18(16-22)20(23)28(27-19)17-10-5-4-6-11-17;/h4-6,10-11H,3,7-9,12-15,23H2,1-2H3,(H2,24,25,26);1H. The predicted octanol–water partition coefficient (Wildman–Crippen LogP) is 2.86. The van der Waals surface area contributed by atoms with E-state index < -0.39 is 0 Å². The number of hydrogen-bond donors (Lipinski definition) is 3. The molecule has 164 valence electrons. The zero-order chi connectivity index (χ0) is 20.9. The van der Waals surface area contributed by atoms with Gasteiger partial charge in [0.05, 0.1) is 11.4 Å². The number of anilines is 1. The highest BCUT2D eigenvalue weighted by Gasteiger charge is 2.16. The smallest absolute Gasteiger partial charge is 0.190 e. The van der Waals surface area contributed by atoms with Gasteiger partial charge in [-0.2, -0.15) is 10.4 Å². The number of ether oxygens (including phenoxy) is 1. The Morgan fingerprint density at radius 3 is 2.53 bits per heavy atom. The van der Waals surface area contributed by atoms with Crippen LogP contribution in [0.4, 0.5) is 5.82 Å². The van der Waals surface area contributed by atoms with Crippen molar-refractivity contribution in [3.63, 3.8) is 0 Å². The topological polar surface area (TPSA) is 113 Å². The van der Waals surface area contributed by atoms with Gasteiger partial charge in [-0.05, 0) is 44.7 Å². The summed E-state index contributed by atoms with van der Waals surface area (Å²) >= 11 is 0. The van der Waals surface area contributed by atoms with Gasteiger partial charge in [-0.25, -0.2) is 4.68 Å². The Bertz CT molecular complexity index is 815. The second kappa shape index (κ2) is 14.6. The van der Waals surface area contributed by atoms with Crippen LogP contribution in [0.5, 0.6) is 0 Å². The van der Waals surface area contributed by atoms with Crippen molar-refractivity contribution in [2.45, 2.75) is 32.6 Å². The third kappa shape index (κ3) is 7.84. The minimum absolute atomic E-state index is 0. The van der Waals surface area contributed by atoms with E-state index in [1.54, 1.807) is 11.7 Å². The monoisotopic (exact) mass is 525 g/mol. The van der Waals surface area contributed by atoms with E-state index in [1.807, 2.05) is 37.3 Å². The molecule has 0 saturated carbocycles. The van der Waals surface area contributed by atoms with Crippen molar-refractivity contribution in [2.75, 3.05) is 39.1 Å². The van der Waals surface area contributed by atoms with Crippen LogP contribution in [0.2, 0.25) is 0 Å². The largest absolute Gasteiger partial charge is 0.382 e. The summed E-state index contributed by atoms with van der Waals surface area (Å²) in [5.41, 5.74) is 8.16. The molecule has 9 heteroatoms. The Morgan fingerprint density at radius 2 is 1.90 bits per heavy atom. The average Bonchev–Trinajstić information content (AvgIpc) is 3.07. The molecule has 1 aromatic heterocycles. The number of rotatable bonds is 11. The first kappa shape index (κ1) is 25.7. The predicted molar refractivity (Wildman–Crippen MR) is 132 cm³/mol. The molecule has 1 aromatic carbocycles. The number of halogens is 1. The van der Waals surface area contributed by atoms with Gasteiger partial charge in [0.2, 0.25) is 0 Å². The van der Waals surface area contributed by atoms with Crippen LogP contribution in [-0.2, 0) is 11.2 Å². The van der Waals surface area contributed by atoms with Crippen LogP contribution in [-0.4, -0.2) is 49.1 Å². The fraction of sp³-hybridized carbons (Fsp3) is 0.476. The number of aromatic nitrogens is 2. The van der Waals surface area contributed by atoms with Gasteiger partial charge in [-0.15, -0.1) is 24.0 Å². The minimum Gasteiger partial charge on any atom is -0.382 e. The number of aliphatic imine (C=N–C) groups is 1. The number of hydrogen-bond acceptors (Lipinski definition) is 5. The highest BCUT2D eigenvalue weighted by molar-refractivity contribution is 14.0. The molecule has 0 aliphatic rings. The van der Waals surface area contributed by atoms with Gasteiger partial charge in [0.1, 0.15) is 17.5 Å². The molecule has 2 aromatic rings. The van der Waals surface area contributed by atoms with Crippen molar-refractivity contribution < 1.29 is 4.74 Å². The summed E-state index contributed by atoms with van der Waals surface area (Å²) in [5, 5.41) is 20.6. The highest BCUT2D eigenvalue weighted by Crippen LogP contribution is 2.21. The summed E-state index contributed by atoms with van der Waals surface area (Å²) in [6.07, 6.45) is 3.53. The van der Waals surface area contributed by atoms with E-state index in [9.17, 15) is 5.26 Å². The molecular formula is C21H32IN7O. The van der Waals surface area contributed by atoms with Crippen LogP contribution in [0.3, 0.4) is 0 Å². The lowest BCUT2D eigenvalue weighted by molar-refractivity contribution is 0.143. The molecule has 0 aliphatic heterocycles. The number of nitrogens with two attached hydrogens (primary N) is 1. The van der Waals surface area contributed by atoms with Gasteiger partial charge < -0.3 is 21.1 Å². The molecule has 8 nitrogen and oxygen atoms in total. The second-order valence-electron chi connectivity index (χ2n) is 6.50. The van der Waals surface area contributed by atoms with E-state index in [-0.39, 0.29) is 24.0 Å². The molecule has 0 saturated heterocycles. The van der Waals surface area contributed by atoms with E-state index in [0.29, 0.717) is 17.8 Å². The molecule has 1 heterocycles. The first-order valence-electron chi connectivity index (χ1n) is 10.1. The van der Waals surface area contributed by atoms with Crippen molar-refractivity contribution >= 4 is 35.8 Å². The summed E-state index contributed by atoms with van der Waals surface area (Å²) in [5.74, 6) is 1.16. The lowest BCUT2D eigenvalue weighted by atomic mass is 10.1. The molecule has 2 rings (SSSR count). The number of nitrogen functional groups attached to an aromatic ring is 1. The molecule has 0 fully saturated rings. The maximum absolute atomic E-state index is 9.48. The Kier molecular flexibility index (Phi) is 12.5. The Balaban J connectivity index is 0.00000450. The van der Waals surface area contributed by atoms with Gasteiger partial charge in [-0.1, -0.05) is 18.2 Å². The summed E-state index contributed by atoms with van der Waals surface area (Å²) in [4.78, 5) is 4.23. The maximum atomic E-state index is 9.48. The Morgan fingerprint density at radius 1 is 1.20 bits per heavy atom. The summed E-state index contributed by atoms with van der Waals surface area (Å²) < 4.78 is 6.96. The Labute approximate surface area is 195 Å². The van der Waals surface area contributed by atoms with E-state index in [0.717, 1.165) is 62.9 Å². The highest BCUT2D eigenvalue weighted by atomic mass is 127. The number of nitriles is 1. The quantitative estimate of drug-likeness (QED) is 0.180. The first-order valence-corrected chi connectivity index (χ1v) is 10.1. The zero-order valence-corrected chi connectivity index (χ0v) is 20.1. The normalized spacial score (nSPS) is 10.9. The minimum atomic E-state index is 0. The van der Waals surface area contributed by atoms with Crippen molar-refractivity contribution in [1.82, 2.24) is 20.4 Å². The van der Waals surface area contributed by atoms with Crippen molar-refractivity contribution in [2.24, 2.45) is 4.99 Å². The molecule has 0 atom stereocenters. The molecule has 0 unspecified atom stereocenters. The van der Waals surface area contributed by atoms with Crippen LogP contribution < -0.4 is 16.4 Å². The Hall–Kier alpha value is -2.32. The lowest BCUT2D eigenvalue weighted by Gasteiger charge is -2.11. The number of guanidine groups is 1. The fourth-order valence-corrected chi connectivity index (χ4v) is 2.90. The van der Waals surface area contributed by atoms with Crippen LogP contribution in [0, 0.1) is 11.3 Å². The first-order chi connectivity index (χ1) is 14.2. The third-order valence-electron chi connectivity index (χ3n) is 4.42. The molecular weight excluding hydrogens is 493 g/mol. The van der Waals surface area contributed by atoms with Crippen molar-refractivity contribution in [1.29, 1.82) is 5.26 Å². The number of aryl methyl sites for hydroxylation is 1. The maximum Gasteiger partial charge on any atom is 0.190 e. The van der Waals surface area contributed by atoms with Gasteiger partial charge in [0, 0.05) is 33.4 Å². The van der Waals surface area contributed by atoms with Gasteiger partial charge in [0.15, 0.2) is 5.96 Å². The fourth-order valence-electron chi connectivity index (χ4n) is 2.90. The van der Waals surface area contributed by atoms with E-state index in [1.165, 1.54) is 0 Å². The summed E-state index contributed by atoms with van der Waals surface area (Å²) in [6.45, 7) is 5.14. The number of benzene rings is 1. The van der Waals surface area contributed by atoms with E-state index in [2.05, 4.69) is 26.8 Å². The van der Waals surface area contributed by atoms with Crippen molar-refractivity contribution in [3.05, 3.63) is 41.6 Å². The number of nitrogens with zero attached hydrogens (tertiary/aromatic N) is 4. The van der Waals surface area contributed by atoms with E-state index >= 15 is 0 Å². The number of unbranched alkanes of at least 4 members (excludes halogenated alkanes) is 1. The second-order valence-corrected chi connectivity index (χ2v) is 6.50. The SMILES string of the molecule is CCOCCCCNC(=NC)NCCCc1nn(-c2ccccc2)c(N)c1C#N.I. The van der Waals surface area contributed by atoms with Crippen LogP contribution >= 0.6 is 24.0 Å². The van der Waals surface area contributed by atoms with Crippen LogP contribution in [0.25, 0.3) is 5.69 Å². The number of para-hydroxylation sites is 1. The molecule has 0 amide bonds. The van der Waals surface area contributed by atoms with Gasteiger partial charge in [0.25, 0.3) is 0 Å². The molecule has 0 radical (unpaired) electrons. The molecule has 0 aliphatic carbocycles. The molecule has 0 spiro atoms. The van der Waals surface area contributed by atoms with Gasteiger partial charge >= 0.3 is 0 Å². The van der Waals surface area contributed by atoms with Crippen LogP contribution in [0.15, 0.2) is 35.3 Å². The molecule has 30 heavy (non-hydrogen) atoms. The average molecular weight is 525 g/mol. The third-order valence-corrected chi connectivity index (χ3v) is 4.42. The molecule has 0 bridgehead atoms. The van der Waals surface area contributed by atoms with Gasteiger partial charge in [-0.3, -0.25) is 4.99 Å². The lowest BCUT2D eigenvalue weighted by Crippen LogP contribution is -2.38. The van der Waals surface area contributed by atoms with Crippen LogP contribution in [0.1, 0.15) is 37.4 Å². The number of nitrogens with one attached hydrogen (secondary N) is 2.